The lowest BCUT2D eigenvalue weighted by Gasteiger charge is -2.26. The number of nitrogens with two attached hydrogens (primary N) is 1. The van der Waals surface area contributed by atoms with Crippen LogP contribution in [-0.4, -0.2) is 61.4 Å². The second-order valence-electron chi connectivity index (χ2n) is 8.70. The van der Waals surface area contributed by atoms with Gasteiger partial charge in [0.2, 0.25) is 0 Å². The van der Waals surface area contributed by atoms with Gasteiger partial charge in [0, 0.05) is 49.2 Å². The van der Waals surface area contributed by atoms with E-state index in [9.17, 15) is 0 Å². The number of pyridine rings is 2. The van der Waals surface area contributed by atoms with Crippen LogP contribution >= 0.6 is 0 Å². The molecule has 0 bridgehead atoms. The Morgan fingerprint density at radius 2 is 1.76 bits per heavy atom. The van der Waals surface area contributed by atoms with Crippen molar-refractivity contribution in [2.45, 2.75) is 6.42 Å². The number of benzene rings is 2. The number of hydrogen-bond donors (Lipinski definition) is 2. The van der Waals surface area contributed by atoms with Crippen molar-refractivity contribution in [1.29, 1.82) is 0 Å². The first-order valence-corrected chi connectivity index (χ1v) is 12.3. The molecule has 0 radical (unpaired) electrons. The molecule has 4 aromatic rings. The van der Waals surface area contributed by atoms with E-state index in [0.29, 0.717) is 23.8 Å². The van der Waals surface area contributed by atoms with Crippen molar-refractivity contribution in [3.8, 4) is 23.0 Å². The predicted molar refractivity (Wildman–Crippen MR) is 144 cm³/mol. The van der Waals surface area contributed by atoms with Gasteiger partial charge in [-0.3, -0.25) is 14.9 Å². The van der Waals surface area contributed by atoms with Gasteiger partial charge in [-0.2, -0.15) is 0 Å². The highest BCUT2D eigenvalue weighted by Gasteiger charge is 2.14. The predicted octanol–water partition coefficient (Wildman–Crippen LogP) is 4.86. The molecular formula is C28H31N5O4. The number of aromatic nitrogens is 2. The largest absolute Gasteiger partial charge is 0.493 e. The Hall–Kier alpha value is -4.08. The van der Waals surface area contributed by atoms with Crippen LogP contribution in [0.2, 0.25) is 0 Å². The van der Waals surface area contributed by atoms with Crippen LogP contribution in [0, 0.1) is 0 Å². The summed E-state index contributed by atoms with van der Waals surface area (Å²) in [6.07, 6.45) is 5.96. The molecule has 1 aliphatic rings. The molecule has 2 aromatic carbocycles. The molecular weight excluding hydrogens is 470 g/mol. The second kappa shape index (κ2) is 11.8. The average Bonchev–Trinajstić information content (AvgIpc) is 2.94. The summed E-state index contributed by atoms with van der Waals surface area (Å²) < 4.78 is 23.0. The van der Waals surface area contributed by atoms with Gasteiger partial charge in [-0.1, -0.05) is 0 Å². The van der Waals surface area contributed by atoms with Crippen molar-refractivity contribution >= 4 is 28.0 Å². The fraction of sp³-hybridized carbons (Fsp3) is 0.286. The number of nitrogens with zero attached hydrogens (tertiary/aromatic N) is 3. The number of anilines is 3. The molecule has 0 saturated carbocycles. The molecule has 3 N–H and O–H groups in total. The molecule has 9 nitrogen and oxygen atoms in total. The quantitative estimate of drug-likeness (QED) is 0.295. The molecule has 1 fully saturated rings. The van der Waals surface area contributed by atoms with Gasteiger partial charge in [-0.15, -0.1) is 0 Å². The van der Waals surface area contributed by atoms with Gasteiger partial charge in [-0.25, -0.2) is 0 Å². The Balaban J connectivity index is 1.29. The first-order chi connectivity index (χ1) is 18.2. The van der Waals surface area contributed by atoms with Gasteiger partial charge in [0.1, 0.15) is 11.5 Å². The SMILES string of the molecule is COc1cc2c(Nc3ccc(Oc4ccncc4)cc3)c(N)cnc2cc1OCCCN1CCOCC1. The number of nitrogen functional groups attached to an aromatic ring is 1. The third-order valence-electron chi connectivity index (χ3n) is 6.17. The molecule has 3 heterocycles. The smallest absolute Gasteiger partial charge is 0.163 e. The van der Waals surface area contributed by atoms with Crippen LogP contribution in [0.4, 0.5) is 17.1 Å². The molecule has 5 rings (SSSR count). The molecule has 0 amide bonds. The van der Waals surface area contributed by atoms with Crippen LogP contribution in [-0.2, 0) is 4.74 Å². The molecule has 9 heteroatoms. The van der Waals surface area contributed by atoms with Gasteiger partial charge in [0.15, 0.2) is 11.5 Å². The summed E-state index contributed by atoms with van der Waals surface area (Å²) >= 11 is 0. The van der Waals surface area contributed by atoms with E-state index in [-0.39, 0.29) is 0 Å². The maximum absolute atomic E-state index is 6.32. The maximum atomic E-state index is 6.32. The fourth-order valence-corrected chi connectivity index (χ4v) is 4.22. The summed E-state index contributed by atoms with van der Waals surface area (Å²) in [5.41, 5.74) is 9.24. The number of methoxy groups -OCH3 is 1. The highest BCUT2D eigenvalue weighted by Crippen LogP contribution is 2.38. The van der Waals surface area contributed by atoms with Crippen molar-refractivity contribution in [2.24, 2.45) is 0 Å². The average molecular weight is 502 g/mol. The molecule has 1 saturated heterocycles. The number of nitrogens with one attached hydrogen (secondary N) is 1. The minimum absolute atomic E-state index is 0.533. The highest BCUT2D eigenvalue weighted by molar-refractivity contribution is 6.00. The lowest BCUT2D eigenvalue weighted by Crippen LogP contribution is -2.37. The third kappa shape index (κ3) is 6.19. The second-order valence-corrected chi connectivity index (χ2v) is 8.70. The Morgan fingerprint density at radius 3 is 2.51 bits per heavy atom. The van der Waals surface area contributed by atoms with Crippen LogP contribution in [0.15, 0.2) is 67.1 Å². The van der Waals surface area contributed by atoms with Gasteiger partial charge in [0.25, 0.3) is 0 Å². The lowest BCUT2D eigenvalue weighted by atomic mass is 10.1. The zero-order chi connectivity index (χ0) is 25.5. The van der Waals surface area contributed by atoms with Crippen molar-refractivity contribution in [3.63, 3.8) is 0 Å². The van der Waals surface area contributed by atoms with Crippen molar-refractivity contribution in [2.75, 3.05) is 57.6 Å². The van der Waals surface area contributed by atoms with Gasteiger partial charge < -0.3 is 30.0 Å². The summed E-state index contributed by atoms with van der Waals surface area (Å²) in [4.78, 5) is 10.9. The number of ether oxygens (including phenoxy) is 4. The van der Waals surface area contributed by atoms with Gasteiger partial charge in [-0.05, 0) is 48.9 Å². The van der Waals surface area contributed by atoms with E-state index in [1.54, 1.807) is 25.7 Å². The van der Waals surface area contributed by atoms with Crippen molar-refractivity contribution in [1.82, 2.24) is 14.9 Å². The van der Waals surface area contributed by atoms with Gasteiger partial charge in [0.05, 0.1) is 50.0 Å². The first-order valence-electron chi connectivity index (χ1n) is 12.3. The molecule has 37 heavy (non-hydrogen) atoms. The Labute approximate surface area is 216 Å². The zero-order valence-corrected chi connectivity index (χ0v) is 20.9. The van der Waals surface area contributed by atoms with Crippen LogP contribution in [0.3, 0.4) is 0 Å². The molecule has 192 valence electrons. The number of rotatable bonds is 10. The number of morpholine rings is 1. The van der Waals surface area contributed by atoms with Crippen LogP contribution in [0.1, 0.15) is 6.42 Å². The van der Waals surface area contributed by atoms with Crippen LogP contribution < -0.4 is 25.3 Å². The fourth-order valence-electron chi connectivity index (χ4n) is 4.22. The normalized spacial score (nSPS) is 13.9. The lowest BCUT2D eigenvalue weighted by molar-refractivity contribution is 0.0357. The van der Waals surface area contributed by atoms with Crippen molar-refractivity contribution < 1.29 is 18.9 Å². The third-order valence-corrected chi connectivity index (χ3v) is 6.17. The topological polar surface area (TPSA) is 104 Å². The van der Waals surface area contributed by atoms with E-state index >= 15 is 0 Å². The molecule has 0 aliphatic carbocycles. The summed E-state index contributed by atoms with van der Waals surface area (Å²) in [6.45, 7) is 5.12. The van der Waals surface area contributed by atoms with Crippen LogP contribution in [0.5, 0.6) is 23.0 Å². The summed E-state index contributed by atoms with van der Waals surface area (Å²) in [5.74, 6) is 2.75. The Morgan fingerprint density at radius 1 is 1.00 bits per heavy atom. The molecule has 1 aliphatic heterocycles. The van der Waals surface area contributed by atoms with E-state index in [4.69, 9.17) is 24.7 Å². The summed E-state index contributed by atoms with van der Waals surface area (Å²) in [5, 5.41) is 4.27. The summed E-state index contributed by atoms with van der Waals surface area (Å²) in [6, 6.07) is 15.1. The standard InChI is InChI=1S/C28H31N5O4/c1-34-26-17-23-25(18-27(26)36-14-2-11-33-12-15-35-16-13-33)31-19-24(29)28(23)32-20-3-5-21(6-4-20)37-22-7-9-30-10-8-22/h3-10,17-19H,2,11-16,29H2,1H3,(H,31,32). The van der Waals surface area contributed by atoms with Crippen molar-refractivity contribution in [3.05, 3.63) is 67.1 Å². The van der Waals surface area contributed by atoms with E-state index in [1.807, 2.05) is 48.5 Å². The molecule has 2 aromatic heterocycles. The summed E-state index contributed by atoms with van der Waals surface area (Å²) in [7, 11) is 1.64. The van der Waals surface area contributed by atoms with E-state index in [0.717, 1.165) is 73.0 Å². The minimum atomic E-state index is 0.533. The highest BCUT2D eigenvalue weighted by atomic mass is 16.5. The Bertz CT molecular complexity index is 1310. The molecule has 0 spiro atoms. The maximum Gasteiger partial charge on any atom is 0.163 e. The minimum Gasteiger partial charge on any atom is -0.493 e. The molecule has 0 atom stereocenters. The van der Waals surface area contributed by atoms with Gasteiger partial charge >= 0.3 is 0 Å². The molecule has 0 unspecified atom stereocenters. The van der Waals surface area contributed by atoms with Crippen LogP contribution in [0.25, 0.3) is 10.9 Å². The number of hydrogen-bond acceptors (Lipinski definition) is 9. The van der Waals surface area contributed by atoms with E-state index in [1.165, 1.54) is 0 Å². The van der Waals surface area contributed by atoms with E-state index < -0.39 is 0 Å². The zero-order valence-electron chi connectivity index (χ0n) is 20.9. The Kier molecular flexibility index (Phi) is 7.83. The monoisotopic (exact) mass is 501 g/mol. The van der Waals surface area contributed by atoms with E-state index in [2.05, 4.69) is 20.2 Å². The first kappa shape index (κ1) is 24.6. The number of fused-ring (bicyclic) bond motifs is 1.